The van der Waals surface area contributed by atoms with Crippen LogP contribution in [0.5, 0.6) is 0 Å². The van der Waals surface area contributed by atoms with Crippen molar-refractivity contribution < 1.29 is 18.9 Å². The molecule has 1 aromatic carbocycles. The summed E-state index contributed by atoms with van der Waals surface area (Å²) in [6.07, 6.45) is 0. The molecule has 0 spiro atoms. The highest BCUT2D eigenvalue weighted by Gasteiger charge is 2.20. The molecular formula is C13H17NO4S2. The maximum Gasteiger partial charge on any atom is 0.327 e. The molecule has 0 saturated heterocycles. The van der Waals surface area contributed by atoms with E-state index in [0.717, 1.165) is 4.90 Å². The van der Waals surface area contributed by atoms with E-state index in [1.807, 2.05) is 30.3 Å². The second kappa shape index (κ2) is 8.76. The standard InChI is InChI=1S/C13H17NO4S2/c1-10(15)14-12(13(16)17)9-20(18)8-7-19-11-5-3-2-4-6-11/h2-6,12H,7-9H2,1H3,(H,14,15)(H,16,17)/t12-,20?/m0/s1. The molecule has 20 heavy (non-hydrogen) atoms. The van der Waals surface area contributed by atoms with Gasteiger partial charge in [-0.05, 0) is 12.1 Å². The first-order valence-corrected chi connectivity index (χ1v) is 8.49. The van der Waals surface area contributed by atoms with Gasteiger partial charge in [-0.25, -0.2) is 4.79 Å². The van der Waals surface area contributed by atoms with Crippen molar-refractivity contribution in [3.05, 3.63) is 30.3 Å². The number of benzene rings is 1. The fourth-order valence-corrected chi connectivity index (χ4v) is 3.89. The second-order valence-corrected chi connectivity index (χ2v) is 6.85. The number of carbonyl (C=O) groups is 2. The third kappa shape index (κ3) is 6.72. The average molecular weight is 315 g/mol. The van der Waals surface area contributed by atoms with Crippen molar-refractivity contribution in [2.24, 2.45) is 0 Å². The lowest BCUT2D eigenvalue weighted by Crippen LogP contribution is -2.43. The lowest BCUT2D eigenvalue weighted by atomic mass is 10.3. The number of carboxylic acid groups (broad SMARTS) is 1. The third-order valence-corrected chi connectivity index (χ3v) is 4.99. The van der Waals surface area contributed by atoms with Gasteiger partial charge in [-0.1, -0.05) is 18.2 Å². The summed E-state index contributed by atoms with van der Waals surface area (Å²) in [5.41, 5.74) is 0. The summed E-state index contributed by atoms with van der Waals surface area (Å²) < 4.78 is 11.8. The summed E-state index contributed by atoms with van der Waals surface area (Å²) in [4.78, 5) is 22.9. The number of carbonyl (C=O) groups excluding carboxylic acids is 1. The minimum Gasteiger partial charge on any atom is -0.480 e. The first-order chi connectivity index (χ1) is 9.49. The van der Waals surface area contributed by atoms with E-state index in [1.54, 1.807) is 11.8 Å². The van der Waals surface area contributed by atoms with Crippen molar-refractivity contribution in [3.8, 4) is 0 Å². The number of aliphatic carboxylic acids is 1. The van der Waals surface area contributed by atoms with Crippen LogP contribution >= 0.6 is 11.8 Å². The van der Waals surface area contributed by atoms with Crippen molar-refractivity contribution in [1.82, 2.24) is 5.32 Å². The normalized spacial score (nSPS) is 13.4. The van der Waals surface area contributed by atoms with E-state index in [-0.39, 0.29) is 5.75 Å². The van der Waals surface area contributed by atoms with Crippen molar-refractivity contribution >= 4 is 34.4 Å². The van der Waals surface area contributed by atoms with Gasteiger partial charge < -0.3 is 10.4 Å². The molecular weight excluding hydrogens is 298 g/mol. The lowest BCUT2D eigenvalue weighted by molar-refractivity contribution is -0.140. The molecule has 0 fully saturated rings. The van der Waals surface area contributed by atoms with Gasteiger partial charge in [0.1, 0.15) is 6.04 Å². The largest absolute Gasteiger partial charge is 0.480 e. The Hall–Kier alpha value is -1.34. The Morgan fingerprint density at radius 1 is 1.35 bits per heavy atom. The summed E-state index contributed by atoms with van der Waals surface area (Å²) >= 11 is 1.57. The molecule has 0 aliphatic rings. The molecule has 5 nitrogen and oxygen atoms in total. The van der Waals surface area contributed by atoms with E-state index in [9.17, 15) is 13.8 Å². The zero-order valence-electron chi connectivity index (χ0n) is 11.1. The zero-order valence-corrected chi connectivity index (χ0v) is 12.7. The van der Waals surface area contributed by atoms with Gasteiger partial charge >= 0.3 is 5.97 Å². The van der Waals surface area contributed by atoms with E-state index in [1.165, 1.54) is 6.92 Å². The van der Waals surface area contributed by atoms with Gasteiger partial charge in [0.2, 0.25) is 5.91 Å². The SMILES string of the molecule is CC(=O)N[C@@H](CS(=O)CCSc1ccccc1)C(=O)O. The predicted molar refractivity (Wildman–Crippen MR) is 80.3 cm³/mol. The Bertz CT molecular complexity index is 479. The van der Waals surface area contributed by atoms with E-state index in [0.29, 0.717) is 11.5 Å². The minimum absolute atomic E-state index is 0.0652. The minimum atomic E-state index is -1.28. The average Bonchev–Trinajstić information content (AvgIpc) is 2.38. The molecule has 2 atom stereocenters. The number of carboxylic acids is 1. The molecule has 0 aliphatic heterocycles. The van der Waals surface area contributed by atoms with Gasteiger partial charge in [-0.2, -0.15) is 0 Å². The zero-order chi connectivity index (χ0) is 15.0. The predicted octanol–water partition coefficient (Wildman–Crippen LogP) is 1.12. The van der Waals surface area contributed by atoms with E-state index < -0.39 is 28.7 Å². The monoisotopic (exact) mass is 315 g/mol. The number of rotatable bonds is 8. The second-order valence-electron chi connectivity index (χ2n) is 4.06. The smallest absolute Gasteiger partial charge is 0.327 e. The van der Waals surface area contributed by atoms with Crippen molar-refractivity contribution in [2.75, 3.05) is 17.3 Å². The highest BCUT2D eigenvalue weighted by molar-refractivity contribution is 8.00. The van der Waals surface area contributed by atoms with Gasteiger partial charge in [-0.15, -0.1) is 11.8 Å². The summed E-state index contributed by atoms with van der Waals surface area (Å²) in [6.45, 7) is 1.24. The van der Waals surface area contributed by atoms with Crippen molar-refractivity contribution in [3.63, 3.8) is 0 Å². The van der Waals surface area contributed by atoms with Crippen LogP contribution in [0.4, 0.5) is 0 Å². The van der Waals surface area contributed by atoms with Gasteiger partial charge in [0, 0.05) is 34.1 Å². The van der Waals surface area contributed by atoms with Crippen molar-refractivity contribution in [1.29, 1.82) is 0 Å². The number of hydrogen-bond donors (Lipinski definition) is 2. The molecule has 110 valence electrons. The Balaban J connectivity index is 2.35. The van der Waals surface area contributed by atoms with Crippen LogP contribution in [0.3, 0.4) is 0 Å². The van der Waals surface area contributed by atoms with E-state index >= 15 is 0 Å². The van der Waals surface area contributed by atoms with Crippen LogP contribution in [0.2, 0.25) is 0 Å². The van der Waals surface area contributed by atoms with Gasteiger partial charge in [0.05, 0.1) is 5.75 Å². The maximum absolute atomic E-state index is 11.8. The van der Waals surface area contributed by atoms with Gasteiger partial charge in [0.15, 0.2) is 0 Å². The highest BCUT2D eigenvalue weighted by Crippen LogP contribution is 2.16. The Morgan fingerprint density at radius 2 is 2.00 bits per heavy atom. The number of hydrogen-bond acceptors (Lipinski definition) is 4. The van der Waals surface area contributed by atoms with Crippen LogP contribution in [-0.2, 0) is 20.4 Å². The number of amides is 1. The Morgan fingerprint density at radius 3 is 2.55 bits per heavy atom. The quantitative estimate of drug-likeness (QED) is 0.702. The molecule has 1 amide bonds. The molecule has 0 bridgehead atoms. The Kier molecular flexibility index (Phi) is 7.32. The highest BCUT2D eigenvalue weighted by atomic mass is 32.2. The molecule has 1 unspecified atom stereocenters. The molecule has 1 aromatic rings. The van der Waals surface area contributed by atoms with Crippen LogP contribution in [0.15, 0.2) is 35.2 Å². The molecule has 0 aliphatic carbocycles. The van der Waals surface area contributed by atoms with E-state index in [2.05, 4.69) is 5.32 Å². The fourth-order valence-electron chi connectivity index (χ4n) is 1.46. The summed E-state index contributed by atoms with van der Waals surface area (Å²) in [5, 5.41) is 11.2. The van der Waals surface area contributed by atoms with Crippen molar-refractivity contribution in [2.45, 2.75) is 17.9 Å². The lowest BCUT2D eigenvalue weighted by Gasteiger charge is -2.12. The van der Waals surface area contributed by atoms with Crippen LogP contribution in [0.25, 0.3) is 0 Å². The van der Waals surface area contributed by atoms with Crippen LogP contribution in [0, 0.1) is 0 Å². The molecule has 0 radical (unpaired) electrons. The first kappa shape index (κ1) is 16.7. The molecule has 2 N–H and O–H groups in total. The third-order valence-electron chi connectivity index (χ3n) is 2.35. The molecule has 0 saturated carbocycles. The molecule has 7 heteroatoms. The Labute approximate surface area is 124 Å². The van der Waals surface area contributed by atoms with Crippen LogP contribution < -0.4 is 5.32 Å². The van der Waals surface area contributed by atoms with Crippen LogP contribution in [-0.4, -0.2) is 44.5 Å². The summed E-state index contributed by atoms with van der Waals surface area (Å²) in [5.74, 6) is -0.631. The van der Waals surface area contributed by atoms with Crippen LogP contribution in [0.1, 0.15) is 6.92 Å². The van der Waals surface area contributed by atoms with E-state index in [4.69, 9.17) is 5.11 Å². The molecule has 1 rings (SSSR count). The van der Waals surface area contributed by atoms with Gasteiger partial charge in [-0.3, -0.25) is 9.00 Å². The maximum atomic E-state index is 11.8. The summed E-state index contributed by atoms with van der Waals surface area (Å²) in [7, 11) is -1.28. The number of thioether (sulfide) groups is 1. The molecule has 0 aromatic heterocycles. The topological polar surface area (TPSA) is 83.5 Å². The summed E-state index contributed by atoms with van der Waals surface area (Å²) in [6, 6.07) is 8.62. The number of nitrogens with one attached hydrogen (secondary N) is 1. The van der Waals surface area contributed by atoms with Gasteiger partial charge in [0.25, 0.3) is 0 Å². The fraction of sp³-hybridized carbons (Fsp3) is 0.385. The first-order valence-electron chi connectivity index (χ1n) is 6.01. The molecule has 0 heterocycles.